The summed E-state index contributed by atoms with van der Waals surface area (Å²) < 4.78 is 18.1. The van der Waals surface area contributed by atoms with Gasteiger partial charge in [0, 0.05) is 49.0 Å². The lowest BCUT2D eigenvalue weighted by Gasteiger charge is -2.11. The van der Waals surface area contributed by atoms with Crippen molar-refractivity contribution in [2.45, 2.75) is 0 Å². The number of furan rings is 2. The van der Waals surface area contributed by atoms with E-state index in [9.17, 15) is 0 Å². The second-order valence-electron chi connectivity index (χ2n) is 15.2. The maximum Gasteiger partial charge on any atom is 0.143 e. The van der Waals surface area contributed by atoms with E-state index in [1.165, 1.54) is 32.7 Å². The van der Waals surface area contributed by atoms with Crippen LogP contribution in [0.5, 0.6) is 0 Å². The number of rotatable bonds is 4. The van der Waals surface area contributed by atoms with E-state index >= 15 is 0 Å². The molecule has 0 spiro atoms. The minimum atomic E-state index is 0.868. The van der Waals surface area contributed by atoms with Gasteiger partial charge in [0.25, 0.3) is 0 Å². The summed E-state index contributed by atoms with van der Waals surface area (Å²) in [4.78, 5) is 0. The van der Waals surface area contributed by atoms with E-state index in [0.29, 0.717) is 0 Å². The number of benzene rings is 9. The van der Waals surface area contributed by atoms with E-state index in [4.69, 9.17) is 8.83 Å². The molecule has 0 bridgehead atoms. The van der Waals surface area contributed by atoms with Crippen molar-refractivity contribution in [3.63, 3.8) is 0 Å². The van der Waals surface area contributed by atoms with Crippen molar-refractivity contribution in [3.8, 4) is 33.6 Å². The third-order valence-corrected chi connectivity index (χ3v) is 12.1. The molecule has 0 unspecified atom stereocenters. The van der Waals surface area contributed by atoms with E-state index in [0.717, 1.165) is 88.4 Å². The Bertz CT molecular complexity index is 3800. The molecule has 4 aromatic heterocycles. The van der Waals surface area contributed by atoms with Crippen molar-refractivity contribution in [2.24, 2.45) is 0 Å². The molecular weight excluding hydrogens is 709 g/mol. The molecule has 9 aromatic carbocycles. The third kappa shape index (κ3) is 4.29. The molecule has 0 radical (unpaired) electrons. The van der Waals surface area contributed by atoms with Crippen LogP contribution >= 0.6 is 0 Å². The molecule has 13 rings (SSSR count). The van der Waals surface area contributed by atoms with Gasteiger partial charge in [0.1, 0.15) is 22.3 Å². The van der Waals surface area contributed by atoms with Gasteiger partial charge in [0.2, 0.25) is 0 Å². The van der Waals surface area contributed by atoms with Crippen LogP contribution in [-0.4, -0.2) is 9.13 Å². The molecule has 0 aliphatic heterocycles. The summed E-state index contributed by atoms with van der Waals surface area (Å²) in [6.45, 7) is 0. The Morgan fingerprint density at radius 1 is 0.310 bits per heavy atom. The summed E-state index contributed by atoms with van der Waals surface area (Å²) in [6.07, 6.45) is 0. The van der Waals surface area contributed by atoms with Gasteiger partial charge in [-0.15, -0.1) is 0 Å². The van der Waals surface area contributed by atoms with Crippen LogP contribution in [0.1, 0.15) is 0 Å². The Labute approximate surface area is 332 Å². The fourth-order valence-corrected chi connectivity index (χ4v) is 9.73. The fraction of sp³-hybridized carbons (Fsp3) is 0. The minimum absolute atomic E-state index is 0.868. The van der Waals surface area contributed by atoms with Crippen molar-refractivity contribution < 1.29 is 8.83 Å². The summed E-state index contributed by atoms with van der Waals surface area (Å²) in [5.74, 6) is 0. The molecule has 0 aliphatic rings. The quantitative estimate of drug-likeness (QED) is 0.180. The van der Waals surface area contributed by atoms with Gasteiger partial charge in [-0.3, -0.25) is 0 Å². The first-order chi connectivity index (χ1) is 28.8. The molecule has 0 saturated heterocycles. The van der Waals surface area contributed by atoms with E-state index in [1.807, 2.05) is 12.1 Å². The Kier molecular flexibility index (Phi) is 6.41. The van der Waals surface area contributed by atoms with E-state index in [2.05, 4.69) is 191 Å². The molecule has 0 saturated carbocycles. The summed E-state index contributed by atoms with van der Waals surface area (Å²) >= 11 is 0. The summed E-state index contributed by atoms with van der Waals surface area (Å²) in [7, 11) is 0. The van der Waals surface area contributed by atoms with Gasteiger partial charge in [0.15, 0.2) is 0 Å². The Hall–Kier alpha value is -7.82. The highest BCUT2D eigenvalue weighted by molar-refractivity contribution is 6.32. The van der Waals surface area contributed by atoms with Gasteiger partial charge < -0.3 is 18.0 Å². The molecule has 0 N–H and O–H groups in total. The Balaban J connectivity index is 1.21. The highest BCUT2D eigenvalue weighted by Gasteiger charge is 2.25. The van der Waals surface area contributed by atoms with Gasteiger partial charge in [0.05, 0.1) is 33.1 Å². The molecular formula is C54H32N2O2. The van der Waals surface area contributed by atoms with Gasteiger partial charge in [-0.2, -0.15) is 0 Å². The van der Waals surface area contributed by atoms with Crippen LogP contribution < -0.4 is 0 Å². The van der Waals surface area contributed by atoms with E-state index in [1.54, 1.807) is 0 Å². The molecule has 0 fully saturated rings. The standard InChI is InChI=1S/C54H32N2O2/c1-2-14-33(15-3-1)34-16-10-17-35(32-34)55-42-24-7-4-19-40(42)52-45(55)30-31-46-53(52)51-37(39-23-11-22-38-36-18-5-8-27-47(36)58-54(38)39)21-12-25-44(51)56(46)43-26-13-29-49-50(43)41-20-6-9-28-48(41)57-49/h1-32H. The fourth-order valence-electron chi connectivity index (χ4n) is 9.73. The predicted octanol–water partition coefficient (Wildman–Crippen LogP) is 15.0. The molecule has 0 amide bonds. The number of hydrogen-bond donors (Lipinski definition) is 0. The van der Waals surface area contributed by atoms with E-state index < -0.39 is 0 Å². The zero-order valence-electron chi connectivity index (χ0n) is 31.2. The average Bonchev–Trinajstić information content (AvgIpc) is 4.04. The van der Waals surface area contributed by atoms with Gasteiger partial charge in [-0.1, -0.05) is 133 Å². The lowest BCUT2D eigenvalue weighted by Crippen LogP contribution is -1.96. The van der Waals surface area contributed by atoms with Crippen molar-refractivity contribution in [1.82, 2.24) is 9.13 Å². The molecule has 4 nitrogen and oxygen atoms in total. The zero-order chi connectivity index (χ0) is 37.9. The van der Waals surface area contributed by atoms with Crippen molar-refractivity contribution >= 4 is 87.5 Å². The molecule has 0 atom stereocenters. The van der Waals surface area contributed by atoms with Crippen LogP contribution in [0.25, 0.3) is 121 Å². The largest absolute Gasteiger partial charge is 0.456 e. The topological polar surface area (TPSA) is 36.1 Å². The minimum Gasteiger partial charge on any atom is -0.456 e. The van der Waals surface area contributed by atoms with Gasteiger partial charge in [-0.05, 0) is 77.4 Å². The summed E-state index contributed by atoms with van der Waals surface area (Å²) in [5, 5.41) is 9.24. The molecule has 4 heterocycles. The Morgan fingerprint density at radius 2 is 0.914 bits per heavy atom. The normalized spacial score (nSPS) is 12.1. The summed E-state index contributed by atoms with van der Waals surface area (Å²) in [6, 6.07) is 69.4. The first kappa shape index (κ1) is 31.4. The lowest BCUT2D eigenvalue weighted by molar-refractivity contribution is 0.668. The maximum atomic E-state index is 6.73. The van der Waals surface area contributed by atoms with Gasteiger partial charge >= 0.3 is 0 Å². The highest BCUT2D eigenvalue weighted by Crippen LogP contribution is 2.48. The van der Waals surface area contributed by atoms with Crippen molar-refractivity contribution in [1.29, 1.82) is 0 Å². The van der Waals surface area contributed by atoms with E-state index in [-0.39, 0.29) is 0 Å². The third-order valence-electron chi connectivity index (χ3n) is 12.1. The number of para-hydroxylation sites is 4. The van der Waals surface area contributed by atoms with Crippen LogP contribution in [0.2, 0.25) is 0 Å². The van der Waals surface area contributed by atoms with Gasteiger partial charge in [-0.25, -0.2) is 0 Å². The lowest BCUT2D eigenvalue weighted by atomic mass is 9.96. The van der Waals surface area contributed by atoms with Crippen LogP contribution in [0.3, 0.4) is 0 Å². The number of fused-ring (bicyclic) bond motifs is 13. The molecule has 270 valence electrons. The molecule has 4 heteroatoms. The first-order valence-corrected chi connectivity index (χ1v) is 19.8. The second kappa shape index (κ2) is 11.8. The average molecular weight is 741 g/mol. The van der Waals surface area contributed by atoms with Crippen LogP contribution in [-0.2, 0) is 0 Å². The smallest absolute Gasteiger partial charge is 0.143 e. The molecule has 13 aromatic rings. The zero-order valence-corrected chi connectivity index (χ0v) is 31.2. The summed E-state index contributed by atoms with van der Waals surface area (Å²) in [5.41, 5.74) is 14.9. The van der Waals surface area contributed by atoms with Crippen LogP contribution in [0.4, 0.5) is 0 Å². The SMILES string of the molecule is c1ccc(-c2cccc(-n3c4ccccc4c4c5c6c(-c7cccc8c7oc7ccccc78)cccc6n(-c6cccc7oc8ccccc8c67)c5ccc43)c2)cc1. The first-order valence-electron chi connectivity index (χ1n) is 19.8. The van der Waals surface area contributed by atoms with Crippen LogP contribution in [0.15, 0.2) is 203 Å². The highest BCUT2D eigenvalue weighted by atomic mass is 16.3. The van der Waals surface area contributed by atoms with Crippen molar-refractivity contribution in [3.05, 3.63) is 194 Å². The monoisotopic (exact) mass is 740 g/mol. The molecule has 58 heavy (non-hydrogen) atoms. The number of aromatic nitrogens is 2. The second-order valence-corrected chi connectivity index (χ2v) is 15.2. The van der Waals surface area contributed by atoms with Crippen LogP contribution in [0, 0.1) is 0 Å². The number of hydrogen-bond acceptors (Lipinski definition) is 2. The number of nitrogens with zero attached hydrogens (tertiary/aromatic N) is 2. The van der Waals surface area contributed by atoms with Crippen molar-refractivity contribution in [2.75, 3.05) is 0 Å². The maximum absolute atomic E-state index is 6.73. The Morgan fingerprint density at radius 3 is 1.79 bits per heavy atom. The molecule has 0 aliphatic carbocycles. The predicted molar refractivity (Wildman–Crippen MR) is 241 cm³/mol.